The maximum atomic E-state index is 12.3. The molecule has 1 heterocycles. The number of carbonyl (C=O) groups is 2. The zero-order valence-corrected chi connectivity index (χ0v) is 14.0. The van der Waals surface area contributed by atoms with Crippen LogP contribution in [0.25, 0.3) is 0 Å². The lowest BCUT2D eigenvalue weighted by Crippen LogP contribution is -2.28. The minimum atomic E-state index is -0.232. The van der Waals surface area contributed by atoms with Crippen LogP contribution in [-0.2, 0) is 9.59 Å². The van der Waals surface area contributed by atoms with Gasteiger partial charge in [0.2, 0.25) is 11.8 Å². The number of carbonyl (C=O) groups excluding carboxylic acids is 2. The predicted octanol–water partition coefficient (Wildman–Crippen LogP) is 2.34. The third-order valence-corrected chi connectivity index (χ3v) is 4.35. The van der Waals surface area contributed by atoms with Gasteiger partial charge in [-0.25, -0.2) is 0 Å². The van der Waals surface area contributed by atoms with Crippen molar-refractivity contribution < 1.29 is 19.1 Å². The Morgan fingerprint density at radius 3 is 2.62 bits per heavy atom. The van der Waals surface area contributed by atoms with Gasteiger partial charge in [-0.2, -0.15) is 0 Å². The fourth-order valence-corrected chi connectivity index (χ4v) is 2.85. The van der Waals surface area contributed by atoms with Gasteiger partial charge in [0.05, 0.1) is 11.8 Å². The molecule has 2 unspecified atom stereocenters. The summed E-state index contributed by atoms with van der Waals surface area (Å²) >= 11 is 0. The SMILES string of the molecule is CCCCCNC(=O)C1CC1C(=O)Nc1ccc2c(c1)OCCO2. The van der Waals surface area contributed by atoms with Gasteiger partial charge in [-0.1, -0.05) is 19.8 Å². The van der Waals surface area contributed by atoms with Gasteiger partial charge in [0.15, 0.2) is 11.5 Å². The minimum absolute atomic E-state index is 0.00609. The number of hydrogen-bond acceptors (Lipinski definition) is 4. The summed E-state index contributed by atoms with van der Waals surface area (Å²) in [4.78, 5) is 24.3. The molecule has 6 nitrogen and oxygen atoms in total. The number of ether oxygens (including phenoxy) is 2. The highest BCUT2D eigenvalue weighted by molar-refractivity contribution is 5.99. The van der Waals surface area contributed by atoms with Crippen LogP contribution in [-0.4, -0.2) is 31.6 Å². The van der Waals surface area contributed by atoms with Crippen LogP contribution in [0.3, 0.4) is 0 Å². The minimum Gasteiger partial charge on any atom is -0.486 e. The lowest BCUT2D eigenvalue weighted by molar-refractivity contribution is -0.125. The van der Waals surface area contributed by atoms with Crippen molar-refractivity contribution in [1.29, 1.82) is 0 Å². The molecule has 2 N–H and O–H groups in total. The Morgan fingerprint density at radius 2 is 1.83 bits per heavy atom. The molecule has 0 bridgehead atoms. The van der Waals surface area contributed by atoms with Crippen LogP contribution < -0.4 is 20.1 Å². The average Bonchev–Trinajstić information content (AvgIpc) is 3.39. The van der Waals surface area contributed by atoms with Crippen LogP contribution in [0.5, 0.6) is 11.5 Å². The molecule has 3 rings (SSSR count). The molecule has 1 saturated carbocycles. The van der Waals surface area contributed by atoms with Crippen LogP contribution in [0, 0.1) is 11.8 Å². The average molecular weight is 332 g/mol. The van der Waals surface area contributed by atoms with Crippen molar-refractivity contribution in [3.8, 4) is 11.5 Å². The Morgan fingerprint density at radius 1 is 1.08 bits per heavy atom. The van der Waals surface area contributed by atoms with Crippen LogP contribution in [0.2, 0.25) is 0 Å². The quantitative estimate of drug-likeness (QED) is 0.752. The number of nitrogens with one attached hydrogen (secondary N) is 2. The van der Waals surface area contributed by atoms with Crippen molar-refractivity contribution in [3.05, 3.63) is 18.2 Å². The third-order valence-electron chi connectivity index (χ3n) is 4.35. The lowest BCUT2D eigenvalue weighted by atomic mass is 10.2. The fourth-order valence-electron chi connectivity index (χ4n) is 2.85. The van der Waals surface area contributed by atoms with Crippen molar-refractivity contribution in [2.45, 2.75) is 32.6 Å². The van der Waals surface area contributed by atoms with Gasteiger partial charge < -0.3 is 20.1 Å². The smallest absolute Gasteiger partial charge is 0.228 e. The maximum Gasteiger partial charge on any atom is 0.228 e. The van der Waals surface area contributed by atoms with Gasteiger partial charge in [-0.05, 0) is 25.0 Å². The second-order valence-corrected chi connectivity index (χ2v) is 6.29. The van der Waals surface area contributed by atoms with E-state index in [4.69, 9.17) is 9.47 Å². The normalized spacial score (nSPS) is 21.0. The highest BCUT2D eigenvalue weighted by Gasteiger charge is 2.47. The number of unbranched alkanes of at least 4 members (excludes halogenated alkanes) is 2. The molecule has 130 valence electrons. The van der Waals surface area contributed by atoms with E-state index in [0.29, 0.717) is 43.4 Å². The van der Waals surface area contributed by atoms with Crippen molar-refractivity contribution >= 4 is 17.5 Å². The molecule has 1 aromatic carbocycles. The molecule has 2 atom stereocenters. The summed E-state index contributed by atoms with van der Waals surface area (Å²) in [5.74, 6) is 0.789. The molecule has 0 radical (unpaired) electrons. The summed E-state index contributed by atoms with van der Waals surface area (Å²) in [5.41, 5.74) is 0.665. The van der Waals surface area contributed by atoms with E-state index in [2.05, 4.69) is 17.6 Å². The van der Waals surface area contributed by atoms with Gasteiger partial charge in [0.1, 0.15) is 13.2 Å². The number of anilines is 1. The van der Waals surface area contributed by atoms with Crippen molar-refractivity contribution in [2.75, 3.05) is 25.1 Å². The number of benzene rings is 1. The summed E-state index contributed by atoms with van der Waals surface area (Å²) in [6, 6.07) is 5.33. The Balaban J connectivity index is 1.47. The van der Waals surface area contributed by atoms with Crippen molar-refractivity contribution in [1.82, 2.24) is 5.32 Å². The lowest BCUT2D eigenvalue weighted by Gasteiger charge is -2.19. The molecule has 0 spiro atoms. The third kappa shape index (κ3) is 3.99. The van der Waals surface area contributed by atoms with Gasteiger partial charge in [0.25, 0.3) is 0 Å². The monoisotopic (exact) mass is 332 g/mol. The molecular weight excluding hydrogens is 308 g/mol. The van der Waals surface area contributed by atoms with Crippen molar-refractivity contribution in [3.63, 3.8) is 0 Å². The van der Waals surface area contributed by atoms with Crippen molar-refractivity contribution in [2.24, 2.45) is 11.8 Å². The van der Waals surface area contributed by atoms with E-state index in [0.717, 1.165) is 19.3 Å². The molecule has 24 heavy (non-hydrogen) atoms. The van der Waals surface area contributed by atoms with E-state index in [1.807, 2.05) is 0 Å². The molecule has 2 amide bonds. The summed E-state index contributed by atoms with van der Waals surface area (Å²) in [7, 11) is 0. The van der Waals surface area contributed by atoms with Gasteiger partial charge in [-0.3, -0.25) is 9.59 Å². The zero-order chi connectivity index (χ0) is 16.9. The second-order valence-electron chi connectivity index (χ2n) is 6.29. The van der Waals surface area contributed by atoms with Crippen LogP contribution in [0.1, 0.15) is 32.6 Å². The highest BCUT2D eigenvalue weighted by atomic mass is 16.6. The topological polar surface area (TPSA) is 76.7 Å². The van der Waals surface area contributed by atoms with E-state index < -0.39 is 0 Å². The van der Waals surface area contributed by atoms with Crippen LogP contribution in [0.15, 0.2) is 18.2 Å². The number of fused-ring (bicyclic) bond motifs is 1. The summed E-state index contributed by atoms with van der Waals surface area (Å²) in [5, 5.41) is 5.77. The first-order chi connectivity index (χ1) is 11.7. The molecule has 0 saturated heterocycles. The summed E-state index contributed by atoms with van der Waals surface area (Å²) in [6.45, 7) is 3.86. The maximum absolute atomic E-state index is 12.3. The second kappa shape index (κ2) is 7.55. The van der Waals surface area contributed by atoms with Crippen LogP contribution in [0.4, 0.5) is 5.69 Å². The van der Waals surface area contributed by atoms with Crippen LogP contribution >= 0.6 is 0 Å². The van der Waals surface area contributed by atoms with E-state index >= 15 is 0 Å². The Hall–Kier alpha value is -2.24. The standard InChI is InChI=1S/C18H24N2O4/c1-2-3-4-7-19-17(21)13-11-14(13)18(22)20-12-5-6-15-16(10-12)24-9-8-23-15/h5-6,10,13-14H,2-4,7-9,11H2,1H3,(H,19,21)(H,20,22). The molecule has 1 aromatic rings. The molecular formula is C18H24N2O4. The highest BCUT2D eigenvalue weighted by Crippen LogP contribution is 2.40. The fraction of sp³-hybridized carbons (Fsp3) is 0.556. The molecule has 1 aliphatic heterocycles. The van der Waals surface area contributed by atoms with E-state index in [1.165, 1.54) is 0 Å². The molecule has 1 fully saturated rings. The first-order valence-corrected chi connectivity index (χ1v) is 8.67. The van der Waals surface area contributed by atoms with Gasteiger partial charge in [-0.15, -0.1) is 0 Å². The zero-order valence-electron chi connectivity index (χ0n) is 14.0. The molecule has 1 aliphatic carbocycles. The van der Waals surface area contributed by atoms with E-state index in [-0.39, 0.29) is 23.7 Å². The Bertz CT molecular complexity index is 617. The largest absolute Gasteiger partial charge is 0.486 e. The first kappa shape index (κ1) is 16.6. The first-order valence-electron chi connectivity index (χ1n) is 8.67. The number of hydrogen-bond donors (Lipinski definition) is 2. The Labute approximate surface area is 141 Å². The predicted molar refractivity (Wildman–Crippen MR) is 90.2 cm³/mol. The molecule has 0 aromatic heterocycles. The van der Waals surface area contributed by atoms with E-state index in [9.17, 15) is 9.59 Å². The summed E-state index contributed by atoms with van der Waals surface area (Å²) in [6.07, 6.45) is 3.85. The number of amides is 2. The summed E-state index contributed by atoms with van der Waals surface area (Å²) < 4.78 is 11.0. The number of rotatable bonds is 7. The van der Waals surface area contributed by atoms with Gasteiger partial charge in [0, 0.05) is 18.3 Å². The molecule has 6 heteroatoms. The molecule has 2 aliphatic rings. The van der Waals surface area contributed by atoms with Gasteiger partial charge >= 0.3 is 0 Å². The van der Waals surface area contributed by atoms with E-state index in [1.54, 1.807) is 18.2 Å². The Kier molecular flexibility index (Phi) is 5.23.